The van der Waals surface area contributed by atoms with Crippen molar-refractivity contribution in [2.75, 3.05) is 0 Å². The van der Waals surface area contributed by atoms with E-state index in [2.05, 4.69) is 10.1 Å². The molecule has 126 valence electrons. The molecule has 25 heavy (non-hydrogen) atoms. The molecule has 0 aliphatic carbocycles. The highest BCUT2D eigenvalue weighted by Crippen LogP contribution is 2.35. The van der Waals surface area contributed by atoms with Crippen LogP contribution in [-0.2, 0) is 6.18 Å². The quantitative estimate of drug-likeness (QED) is 0.475. The Balaban J connectivity index is 1.88. The van der Waals surface area contributed by atoms with Crippen molar-refractivity contribution in [3.8, 4) is 16.4 Å². The minimum Gasteiger partial charge on any atom is -0.224 e. The Morgan fingerprint density at radius 3 is 2.44 bits per heavy atom. The van der Waals surface area contributed by atoms with Gasteiger partial charge in [-0.2, -0.15) is 18.3 Å². The highest BCUT2D eigenvalue weighted by molar-refractivity contribution is 7.12. The van der Waals surface area contributed by atoms with Crippen LogP contribution in [0.5, 0.6) is 0 Å². The van der Waals surface area contributed by atoms with Gasteiger partial charge in [0.25, 0.3) is 0 Å². The maximum absolute atomic E-state index is 13.4. The van der Waals surface area contributed by atoms with Gasteiger partial charge in [0, 0.05) is 10.9 Å². The Labute approximate surface area is 145 Å². The topological polar surface area (TPSA) is 30.7 Å². The van der Waals surface area contributed by atoms with Gasteiger partial charge in [-0.15, -0.1) is 11.3 Å². The molecule has 7 heteroatoms. The second kappa shape index (κ2) is 5.70. The van der Waals surface area contributed by atoms with Crippen molar-refractivity contribution in [1.82, 2.24) is 14.8 Å². The van der Waals surface area contributed by atoms with E-state index in [1.54, 1.807) is 18.4 Å². The summed E-state index contributed by atoms with van der Waals surface area (Å²) >= 11 is 1.13. The van der Waals surface area contributed by atoms with E-state index < -0.39 is 11.9 Å². The van der Waals surface area contributed by atoms with Gasteiger partial charge in [0.15, 0.2) is 5.69 Å². The van der Waals surface area contributed by atoms with E-state index >= 15 is 0 Å². The molecule has 2 aromatic carbocycles. The number of hydrogen-bond acceptors (Lipinski definition) is 3. The molecule has 0 amide bonds. The van der Waals surface area contributed by atoms with E-state index in [1.807, 2.05) is 36.4 Å². The molecule has 0 unspecified atom stereocenters. The number of benzene rings is 2. The fourth-order valence-corrected chi connectivity index (χ4v) is 3.42. The van der Waals surface area contributed by atoms with E-state index in [4.69, 9.17) is 0 Å². The molecule has 0 aliphatic rings. The minimum atomic E-state index is -4.51. The van der Waals surface area contributed by atoms with Crippen LogP contribution in [0.4, 0.5) is 13.2 Å². The van der Waals surface area contributed by atoms with Crippen LogP contribution in [0.3, 0.4) is 0 Å². The van der Waals surface area contributed by atoms with Crippen molar-refractivity contribution in [3.63, 3.8) is 0 Å². The molecule has 4 aromatic rings. The lowest BCUT2D eigenvalue weighted by Gasteiger charge is -2.06. The van der Waals surface area contributed by atoms with E-state index in [-0.39, 0.29) is 10.8 Å². The van der Waals surface area contributed by atoms with Gasteiger partial charge in [-0.05, 0) is 29.8 Å². The SMILES string of the molecule is Cc1csc(-n2nc(-c3ccc4ccccc4c3)cc2C(F)(F)F)n1. The first-order valence-corrected chi connectivity index (χ1v) is 8.39. The smallest absolute Gasteiger partial charge is 0.224 e. The van der Waals surface area contributed by atoms with E-state index in [9.17, 15) is 13.2 Å². The van der Waals surface area contributed by atoms with Crippen LogP contribution >= 0.6 is 11.3 Å². The molecule has 0 spiro atoms. The van der Waals surface area contributed by atoms with Crippen molar-refractivity contribution < 1.29 is 13.2 Å². The van der Waals surface area contributed by atoms with E-state index in [0.717, 1.165) is 32.9 Å². The largest absolute Gasteiger partial charge is 0.433 e. The molecule has 2 aromatic heterocycles. The van der Waals surface area contributed by atoms with Gasteiger partial charge in [-0.25, -0.2) is 9.67 Å². The number of aromatic nitrogens is 3. The molecule has 2 heterocycles. The van der Waals surface area contributed by atoms with Crippen molar-refractivity contribution in [1.29, 1.82) is 0 Å². The second-order valence-corrected chi connectivity index (χ2v) is 6.49. The zero-order valence-corrected chi connectivity index (χ0v) is 13.9. The van der Waals surface area contributed by atoms with Crippen LogP contribution in [0.15, 0.2) is 53.9 Å². The Kier molecular flexibility index (Phi) is 3.61. The zero-order valence-electron chi connectivity index (χ0n) is 13.1. The predicted molar refractivity (Wildman–Crippen MR) is 91.9 cm³/mol. The molecule has 0 aliphatic heterocycles. The maximum atomic E-state index is 13.4. The monoisotopic (exact) mass is 359 g/mol. The Hall–Kier alpha value is -2.67. The number of nitrogens with zero attached hydrogens (tertiary/aromatic N) is 3. The second-order valence-electron chi connectivity index (χ2n) is 5.66. The van der Waals surface area contributed by atoms with Crippen molar-refractivity contribution in [3.05, 3.63) is 65.3 Å². The summed E-state index contributed by atoms with van der Waals surface area (Å²) in [6.07, 6.45) is -4.51. The fourth-order valence-electron chi connectivity index (χ4n) is 2.66. The van der Waals surface area contributed by atoms with Crippen LogP contribution in [0, 0.1) is 6.92 Å². The summed E-state index contributed by atoms with van der Waals surface area (Å²) in [5, 5.41) is 8.07. The molecular formula is C18H12F3N3S. The lowest BCUT2D eigenvalue weighted by atomic mass is 10.1. The summed E-state index contributed by atoms with van der Waals surface area (Å²) in [5.74, 6) is 0. The van der Waals surface area contributed by atoms with Gasteiger partial charge < -0.3 is 0 Å². The predicted octanol–water partition coefficient (Wildman–Crippen LogP) is 5.48. The molecule has 0 atom stereocenters. The number of fused-ring (bicyclic) bond motifs is 1. The van der Waals surface area contributed by atoms with Crippen LogP contribution in [0.2, 0.25) is 0 Å². The number of aryl methyl sites for hydroxylation is 1. The molecule has 0 radical (unpaired) electrons. The highest BCUT2D eigenvalue weighted by atomic mass is 32.1. The van der Waals surface area contributed by atoms with Crippen molar-refractivity contribution in [2.45, 2.75) is 13.1 Å². The van der Waals surface area contributed by atoms with Gasteiger partial charge in [0.05, 0.1) is 11.4 Å². The first-order chi connectivity index (χ1) is 11.9. The summed E-state index contributed by atoms with van der Waals surface area (Å²) in [6, 6.07) is 14.3. The number of hydrogen-bond donors (Lipinski definition) is 0. The number of rotatable bonds is 2. The van der Waals surface area contributed by atoms with Crippen molar-refractivity contribution in [2.24, 2.45) is 0 Å². The van der Waals surface area contributed by atoms with Crippen LogP contribution in [0.1, 0.15) is 11.4 Å². The zero-order chi connectivity index (χ0) is 17.6. The third kappa shape index (κ3) is 2.91. The summed E-state index contributed by atoms with van der Waals surface area (Å²) in [4.78, 5) is 4.13. The lowest BCUT2D eigenvalue weighted by Crippen LogP contribution is -2.13. The third-order valence-electron chi connectivity index (χ3n) is 3.83. The van der Waals surface area contributed by atoms with Gasteiger partial charge >= 0.3 is 6.18 Å². The van der Waals surface area contributed by atoms with E-state index in [0.29, 0.717) is 11.3 Å². The van der Waals surface area contributed by atoms with Gasteiger partial charge in [-0.3, -0.25) is 0 Å². The number of alkyl halides is 3. The van der Waals surface area contributed by atoms with Crippen LogP contribution < -0.4 is 0 Å². The lowest BCUT2D eigenvalue weighted by molar-refractivity contribution is -0.142. The molecule has 4 rings (SSSR count). The average molecular weight is 359 g/mol. The third-order valence-corrected chi connectivity index (χ3v) is 4.77. The van der Waals surface area contributed by atoms with E-state index in [1.165, 1.54) is 0 Å². The maximum Gasteiger partial charge on any atom is 0.433 e. The summed E-state index contributed by atoms with van der Waals surface area (Å²) in [5.41, 5.74) is 0.739. The average Bonchev–Trinajstić information content (AvgIpc) is 3.20. The molecule has 0 saturated heterocycles. The summed E-state index contributed by atoms with van der Waals surface area (Å²) in [7, 11) is 0. The summed E-state index contributed by atoms with van der Waals surface area (Å²) in [6.45, 7) is 1.74. The summed E-state index contributed by atoms with van der Waals surface area (Å²) < 4.78 is 41.2. The number of thiazole rings is 1. The molecule has 3 nitrogen and oxygen atoms in total. The number of halogens is 3. The minimum absolute atomic E-state index is 0.205. The molecular weight excluding hydrogens is 347 g/mol. The van der Waals surface area contributed by atoms with Gasteiger partial charge in [0.1, 0.15) is 0 Å². The molecule has 0 bridgehead atoms. The fraction of sp³-hybridized carbons (Fsp3) is 0.111. The standard InChI is InChI=1S/C18H12F3N3S/c1-11-10-25-17(22-11)24-16(18(19,20)21)9-15(23-24)14-7-6-12-4-2-3-5-13(12)8-14/h2-10H,1H3. The van der Waals surface area contributed by atoms with Crippen LogP contribution in [-0.4, -0.2) is 14.8 Å². The van der Waals surface area contributed by atoms with Gasteiger partial charge in [-0.1, -0.05) is 36.4 Å². The molecule has 0 saturated carbocycles. The Morgan fingerprint density at radius 1 is 1.00 bits per heavy atom. The van der Waals surface area contributed by atoms with Gasteiger partial charge in [0.2, 0.25) is 5.13 Å². The van der Waals surface area contributed by atoms with Crippen molar-refractivity contribution >= 4 is 22.1 Å². The highest BCUT2D eigenvalue weighted by Gasteiger charge is 2.37. The first kappa shape index (κ1) is 15.8. The Morgan fingerprint density at radius 2 is 1.76 bits per heavy atom. The normalized spacial score (nSPS) is 12.0. The molecule has 0 N–H and O–H groups in total. The Bertz CT molecular complexity index is 1060. The van der Waals surface area contributed by atoms with Crippen LogP contribution in [0.25, 0.3) is 27.2 Å². The first-order valence-electron chi connectivity index (χ1n) is 7.51. The molecule has 0 fully saturated rings.